The second-order valence-electron chi connectivity index (χ2n) is 5.32. The van der Waals surface area contributed by atoms with Crippen LogP contribution in [0.2, 0.25) is 0 Å². The topological polar surface area (TPSA) is 44.8 Å². The second kappa shape index (κ2) is 7.07. The van der Waals surface area contributed by atoms with Crippen LogP contribution >= 0.6 is 0 Å². The van der Waals surface area contributed by atoms with E-state index in [0.717, 1.165) is 39.1 Å². The molecule has 0 aliphatic carbocycles. The SMILES string of the molecule is CNC(C)(CCN1CCCN(C)CC1)C(=O)OC. The van der Waals surface area contributed by atoms with Crippen molar-refractivity contribution in [2.45, 2.75) is 25.3 Å². The van der Waals surface area contributed by atoms with Crippen LogP contribution in [0.1, 0.15) is 19.8 Å². The summed E-state index contributed by atoms with van der Waals surface area (Å²) in [6, 6.07) is 0. The molecular weight excluding hydrogens is 230 g/mol. The Balaban J connectivity index is 2.44. The van der Waals surface area contributed by atoms with Gasteiger partial charge in [0.1, 0.15) is 5.54 Å². The molecule has 18 heavy (non-hydrogen) atoms. The zero-order chi connectivity index (χ0) is 13.6. The summed E-state index contributed by atoms with van der Waals surface area (Å²) in [5.41, 5.74) is -0.576. The van der Waals surface area contributed by atoms with E-state index >= 15 is 0 Å². The van der Waals surface area contributed by atoms with E-state index in [4.69, 9.17) is 4.74 Å². The van der Waals surface area contributed by atoms with Crippen LogP contribution in [0, 0.1) is 0 Å². The third-order valence-corrected chi connectivity index (χ3v) is 3.93. The number of nitrogens with zero attached hydrogens (tertiary/aromatic N) is 2. The van der Waals surface area contributed by atoms with E-state index in [1.54, 1.807) is 0 Å². The Morgan fingerprint density at radius 1 is 1.33 bits per heavy atom. The van der Waals surface area contributed by atoms with Crippen molar-refractivity contribution in [1.82, 2.24) is 15.1 Å². The molecule has 106 valence electrons. The van der Waals surface area contributed by atoms with Gasteiger partial charge in [-0.1, -0.05) is 0 Å². The van der Waals surface area contributed by atoms with Crippen LogP contribution in [-0.2, 0) is 9.53 Å². The van der Waals surface area contributed by atoms with E-state index in [9.17, 15) is 4.79 Å². The molecule has 0 spiro atoms. The number of carbonyl (C=O) groups excluding carboxylic acids is 1. The first kappa shape index (κ1) is 15.4. The van der Waals surface area contributed by atoms with Crippen molar-refractivity contribution in [2.24, 2.45) is 0 Å². The summed E-state index contributed by atoms with van der Waals surface area (Å²) in [5.74, 6) is -0.183. The first-order valence-electron chi connectivity index (χ1n) is 6.70. The van der Waals surface area contributed by atoms with E-state index in [0.29, 0.717) is 0 Å². The van der Waals surface area contributed by atoms with Crippen LogP contribution < -0.4 is 5.32 Å². The number of methoxy groups -OCH3 is 1. The number of nitrogens with one attached hydrogen (secondary N) is 1. The zero-order valence-electron chi connectivity index (χ0n) is 12.2. The first-order valence-corrected chi connectivity index (χ1v) is 6.70. The summed E-state index contributed by atoms with van der Waals surface area (Å²) in [5, 5.41) is 3.08. The minimum absolute atomic E-state index is 0.183. The van der Waals surface area contributed by atoms with E-state index in [1.165, 1.54) is 13.5 Å². The highest BCUT2D eigenvalue weighted by Gasteiger charge is 2.32. The maximum atomic E-state index is 11.7. The van der Waals surface area contributed by atoms with Gasteiger partial charge in [-0.2, -0.15) is 0 Å². The van der Waals surface area contributed by atoms with Crippen molar-refractivity contribution in [3.8, 4) is 0 Å². The Morgan fingerprint density at radius 3 is 2.67 bits per heavy atom. The van der Waals surface area contributed by atoms with Gasteiger partial charge < -0.3 is 19.9 Å². The predicted molar refractivity (Wildman–Crippen MR) is 72.7 cm³/mol. The highest BCUT2D eigenvalue weighted by molar-refractivity contribution is 5.80. The Morgan fingerprint density at radius 2 is 2.06 bits per heavy atom. The molecule has 1 aliphatic heterocycles. The van der Waals surface area contributed by atoms with Crippen LogP contribution in [0.25, 0.3) is 0 Å². The lowest BCUT2D eigenvalue weighted by atomic mass is 9.98. The molecular formula is C13H27N3O2. The summed E-state index contributed by atoms with van der Waals surface area (Å²) < 4.78 is 4.86. The van der Waals surface area contributed by atoms with Crippen molar-refractivity contribution in [2.75, 3.05) is 53.9 Å². The molecule has 1 aliphatic rings. The number of ether oxygens (including phenoxy) is 1. The van der Waals surface area contributed by atoms with Crippen LogP contribution in [0.15, 0.2) is 0 Å². The van der Waals surface area contributed by atoms with Gasteiger partial charge in [0.25, 0.3) is 0 Å². The molecule has 1 saturated heterocycles. The molecule has 1 heterocycles. The van der Waals surface area contributed by atoms with Crippen molar-refractivity contribution >= 4 is 5.97 Å². The molecule has 1 rings (SSSR count). The van der Waals surface area contributed by atoms with Gasteiger partial charge >= 0.3 is 5.97 Å². The molecule has 5 nitrogen and oxygen atoms in total. The summed E-state index contributed by atoms with van der Waals surface area (Å²) >= 11 is 0. The minimum atomic E-state index is -0.576. The van der Waals surface area contributed by atoms with Gasteiger partial charge in [-0.05, 0) is 47.0 Å². The highest BCUT2D eigenvalue weighted by atomic mass is 16.5. The van der Waals surface area contributed by atoms with Crippen molar-refractivity contribution < 1.29 is 9.53 Å². The van der Waals surface area contributed by atoms with Crippen LogP contribution in [0.4, 0.5) is 0 Å². The molecule has 0 aromatic heterocycles. The molecule has 1 unspecified atom stereocenters. The number of hydrogen-bond acceptors (Lipinski definition) is 5. The first-order chi connectivity index (χ1) is 8.51. The molecule has 1 atom stereocenters. The third-order valence-electron chi connectivity index (χ3n) is 3.93. The van der Waals surface area contributed by atoms with Gasteiger partial charge in [0.2, 0.25) is 0 Å². The molecule has 0 aromatic rings. The zero-order valence-corrected chi connectivity index (χ0v) is 12.2. The van der Waals surface area contributed by atoms with Crippen LogP contribution in [0.5, 0.6) is 0 Å². The molecule has 1 N–H and O–H groups in total. The Labute approximate surface area is 110 Å². The van der Waals surface area contributed by atoms with Gasteiger partial charge in [-0.25, -0.2) is 0 Å². The number of rotatable bonds is 5. The monoisotopic (exact) mass is 257 g/mol. The fourth-order valence-corrected chi connectivity index (χ4v) is 2.26. The van der Waals surface area contributed by atoms with Crippen LogP contribution in [0.3, 0.4) is 0 Å². The summed E-state index contributed by atoms with van der Waals surface area (Å²) in [6.45, 7) is 7.30. The van der Waals surface area contributed by atoms with E-state index in [2.05, 4.69) is 22.2 Å². The van der Waals surface area contributed by atoms with Gasteiger partial charge in [-0.15, -0.1) is 0 Å². The molecule has 0 amide bonds. The summed E-state index contributed by atoms with van der Waals surface area (Å²) in [6.07, 6.45) is 1.98. The predicted octanol–water partition coefficient (Wildman–Crippen LogP) is 0.165. The van der Waals surface area contributed by atoms with E-state index < -0.39 is 5.54 Å². The van der Waals surface area contributed by atoms with Gasteiger partial charge in [0.05, 0.1) is 7.11 Å². The molecule has 1 fully saturated rings. The number of carbonyl (C=O) groups is 1. The van der Waals surface area contributed by atoms with Crippen molar-refractivity contribution in [3.63, 3.8) is 0 Å². The fourth-order valence-electron chi connectivity index (χ4n) is 2.26. The average Bonchev–Trinajstić information content (AvgIpc) is 2.59. The lowest BCUT2D eigenvalue weighted by Gasteiger charge is -2.29. The Hall–Kier alpha value is -0.650. The molecule has 0 bridgehead atoms. The quantitative estimate of drug-likeness (QED) is 0.711. The number of likely N-dealkylation sites (N-methyl/N-ethyl adjacent to an activating group) is 2. The highest BCUT2D eigenvalue weighted by Crippen LogP contribution is 2.13. The van der Waals surface area contributed by atoms with Crippen LogP contribution in [-0.4, -0.2) is 75.2 Å². The molecule has 0 radical (unpaired) electrons. The number of esters is 1. The Bertz CT molecular complexity index is 273. The normalized spacial score (nSPS) is 22.2. The lowest BCUT2D eigenvalue weighted by Crippen LogP contribution is -2.50. The Kier molecular flexibility index (Phi) is 6.05. The van der Waals surface area contributed by atoms with Gasteiger partial charge in [0, 0.05) is 19.6 Å². The van der Waals surface area contributed by atoms with Crippen molar-refractivity contribution in [3.05, 3.63) is 0 Å². The average molecular weight is 257 g/mol. The fraction of sp³-hybridized carbons (Fsp3) is 0.923. The van der Waals surface area contributed by atoms with E-state index in [1.807, 2.05) is 14.0 Å². The minimum Gasteiger partial charge on any atom is -0.468 e. The van der Waals surface area contributed by atoms with Gasteiger partial charge in [0.15, 0.2) is 0 Å². The molecule has 0 aromatic carbocycles. The maximum absolute atomic E-state index is 11.7. The lowest BCUT2D eigenvalue weighted by molar-refractivity contribution is -0.148. The third kappa shape index (κ3) is 4.23. The molecule has 0 saturated carbocycles. The second-order valence-corrected chi connectivity index (χ2v) is 5.32. The van der Waals surface area contributed by atoms with E-state index in [-0.39, 0.29) is 5.97 Å². The number of hydrogen-bond donors (Lipinski definition) is 1. The summed E-state index contributed by atoms with van der Waals surface area (Å²) in [4.78, 5) is 16.5. The summed E-state index contributed by atoms with van der Waals surface area (Å²) in [7, 11) is 5.42. The largest absolute Gasteiger partial charge is 0.468 e. The van der Waals surface area contributed by atoms with Crippen molar-refractivity contribution in [1.29, 1.82) is 0 Å². The smallest absolute Gasteiger partial charge is 0.325 e. The standard InChI is InChI=1S/C13H27N3O2/c1-13(14-2,12(17)18-4)6-9-16-8-5-7-15(3)10-11-16/h14H,5-11H2,1-4H3. The maximum Gasteiger partial charge on any atom is 0.325 e. The van der Waals surface area contributed by atoms with Gasteiger partial charge in [-0.3, -0.25) is 4.79 Å². The molecule has 5 heteroatoms.